The molecule has 0 radical (unpaired) electrons. The smallest absolute Gasteiger partial charge is 0.238 e. The van der Waals surface area contributed by atoms with Gasteiger partial charge in [0.15, 0.2) is 5.17 Å². The second-order valence-electron chi connectivity index (χ2n) is 6.22. The number of hydrogen-bond acceptors (Lipinski definition) is 4. The maximum atomic E-state index is 12.6. The van der Waals surface area contributed by atoms with Crippen LogP contribution in [0.25, 0.3) is 0 Å². The number of amidine groups is 1. The third-order valence-corrected chi connectivity index (χ3v) is 5.52. The van der Waals surface area contributed by atoms with Crippen LogP contribution < -0.4 is 5.32 Å². The van der Waals surface area contributed by atoms with Gasteiger partial charge in [-0.2, -0.15) is 0 Å². The van der Waals surface area contributed by atoms with E-state index in [9.17, 15) is 9.59 Å². The molecule has 1 unspecified atom stereocenters. The van der Waals surface area contributed by atoms with Crippen LogP contribution in [0.4, 0.5) is 5.69 Å². The highest BCUT2D eigenvalue weighted by Crippen LogP contribution is 2.28. The summed E-state index contributed by atoms with van der Waals surface area (Å²) in [5.74, 6) is -0.201. The summed E-state index contributed by atoms with van der Waals surface area (Å²) < 4.78 is 0. The van der Waals surface area contributed by atoms with Gasteiger partial charge in [-0.1, -0.05) is 50.1 Å². The van der Waals surface area contributed by atoms with Crippen molar-refractivity contribution in [2.75, 3.05) is 18.4 Å². The van der Waals surface area contributed by atoms with Crippen molar-refractivity contribution in [1.82, 2.24) is 4.90 Å². The number of hydrogen-bond donors (Lipinski definition) is 1. The lowest BCUT2D eigenvalue weighted by Crippen LogP contribution is -2.45. The number of thioether (sulfide) groups is 1. The van der Waals surface area contributed by atoms with Gasteiger partial charge in [-0.25, -0.2) is 0 Å². The number of unbranched alkanes of at least 4 members (excludes halogenated alkanes) is 2. The summed E-state index contributed by atoms with van der Waals surface area (Å²) in [7, 11) is 0. The molecule has 1 aliphatic heterocycles. The van der Waals surface area contributed by atoms with Crippen molar-refractivity contribution in [3.8, 4) is 0 Å². The fraction of sp³-hybridized carbons (Fsp3) is 0.526. The zero-order valence-electron chi connectivity index (χ0n) is 15.3. The third-order valence-electron chi connectivity index (χ3n) is 4.04. The first-order chi connectivity index (χ1) is 12.5. The van der Waals surface area contributed by atoms with Gasteiger partial charge in [0, 0.05) is 30.2 Å². The Bertz CT molecular complexity index is 649. The number of benzene rings is 1. The fourth-order valence-electron chi connectivity index (χ4n) is 2.50. The minimum Gasteiger partial charge on any atom is -0.325 e. The number of halogens is 1. The van der Waals surface area contributed by atoms with Gasteiger partial charge in [0.2, 0.25) is 11.8 Å². The first kappa shape index (κ1) is 20.8. The van der Waals surface area contributed by atoms with Crippen molar-refractivity contribution in [3.05, 3.63) is 29.3 Å². The van der Waals surface area contributed by atoms with Crippen LogP contribution in [0, 0.1) is 0 Å². The molecule has 0 aromatic heterocycles. The number of amides is 2. The Hall–Kier alpha value is -1.53. The zero-order valence-corrected chi connectivity index (χ0v) is 16.9. The summed E-state index contributed by atoms with van der Waals surface area (Å²) in [5.41, 5.74) is 0.672. The van der Waals surface area contributed by atoms with Crippen molar-refractivity contribution in [2.45, 2.75) is 51.2 Å². The third kappa shape index (κ3) is 6.02. The lowest BCUT2D eigenvalue weighted by Gasteiger charge is -2.31. The Morgan fingerprint density at radius 1 is 1.27 bits per heavy atom. The molecule has 26 heavy (non-hydrogen) atoms. The van der Waals surface area contributed by atoms with Gasteiger partial charge in [0.25, 0.3) is 0 Å². The summed E-state index contributed by atoms with van der Waals surface area (Å²) in [6.45, 7) is 5.55. The molecule has 1 heterocycles. The van der Waals surface area contributed by atoms with Crippen molar-refractivity contribution < 1.29 is 9.59 Å². The average Bonchev–Trinajstić information content (AvgIpc) is 2.63. The van der Waals surface area contributed by atoms with E-state index >= 15 is 0 Å². The summed E-state index contributed by atoms with van der Waals surface area (Å²) in [6, 6.07) is 6.94. The standard InChI is InChI=1S/C19H26ClN3O2S/c1-3-5-11-21-19-23(12-6-4-2)17(24)13-16(26-19)18(25)22-15-9-7-14(20)8-10-15/h7-10,16H,3-6,11-13H2,1-2H3,(H,22,25). The van der Waals surface area contributed by atoms with E-state index < -0.39 is 5.25 Å². The quantitative estimate of drug-likeness (QED) is 0.656. The molecule has 142 valence electrons. The van der Waals surface area contributed by atoms with Gasteiger partial charge in [-0.15, -0.1) is 0 Å². The average molecular weight is 396 g/mol. The molecular weight excluding hydrogens is 370 g/mol. The Balaban J connectivity index is 2.07. The van der Waals surface area contributed by atoms with E-state index in [4.69, 9.17) is 11.6 Å². The predicted octanol–water partition coefficient (Wildman–Crippen LogP) is 4.57. The molecule has 2 rings (SSSR count). The zero-order chi connectivity index (χ0) is 18.9. The van der Waals surface area contributed by atoms with E-state index in [1.807, 2.05) is 0 Å². The second kappa shape index (κ2) is 10.6. The summed E-state index contributed by atoms with van der Waals surface area (Å²) >= 11 is 7.26. The molecule has 1 saturated heterocycles. The molecule has 0 saturated carbocycles. The largest absolute Gasteiger partial charge is 0.325 e. The minimum atomic E-state index is -0.462. The van der Waals surface area contributed by atoms with Gasteiger partial charge >= 0.3 is 0 Å². The highest BCUT2D eigenvalue weighted by molar-refractivity contribution is 8.15. The number of nitrogens with zero attached hydrogens (tertiary/aromatic N) is 2. The molecule has 0 bridgehead atoms. The van der Waals surface area contributed by atoms with Crippen LogP contribution in [-0.2, 0) is 9.59 Å². The second-order valence-corrected chi connectivity index (χ2v) is 7.83. The molecule has 1 aliphatic rings. The van der Waals surface area contributed by atoms with Crippen molar-refractivity contribution in [1.29, 1.82) is 0 Å². The van der Waals surface area contributed by atoms with Crippen molar-refractivity contribution >= 4 is 46.0 Å². The van der Waals surface area contributed by atoms with Crippen LogP contribution in [0.5, 0.6) is 0 Å². The van der Waals surface area contributed by atoms with Gasteiger partial charge in [0.05, 0.1) is 0 Å². The molecule has 7 heteroatoms. The van der Waals surface area contributed by atoms with Crippen LogP contribution in [0.15, 0.2) is 29.3 Å². The normalized spacial score (nSPS) is 19.0. The van der Waals surface area contributed by atoms with E-state index in [1.165, 1.54) is 11.8 Å². The molecule has 5 nitrogen and oxygen atoms in total. The molecule has 1 aromatic carbocycles. The van der Waals surface area contributed by atoms with Crippen LogP contribution in [0.3, 0.4) is 0 Å². The van der Waals surface area contributed by atoms with Crippen LogP contribution in [-0.4, -0.2) is 40.2 Å². The van der Waals surface area contributed by atoms with E-state index in [-0.39, 0.29) is 18.2 Å². The summed E-state index contributed by atoms with van der Waals surface area (Å²) in [6.07, 6.45) is 4.16. The van der Waals surface area contributed by atoms with Gasteiger partial charge in [-0.3, -0.25) is 19.5 Å². The molecule has 1 N–H and O–H groups in total. The lowest BCUT2D eigenvalue weighted by molar-refractivity contribution is -0.129. The van der Waals surface area contributed by atoms with Gasteiger partial charge < -0.3 is 5.32 Å². The Morgan fingerprint density at radius 2 is 1.96 bits per heavy atom. The number of carbonyl (C=O) groups excluding carboxylic acids is 2. The molecule has 1 aromatic rings. The SMILES string of the molecule is CCCCN=C1SC(C(=O)Nc2ccc(Cl)cc2)CC(=O)N1CCCC. The molecular formula is C19H26ClN3O2S. The number of aliphatic imine (C=N–C) groups is 1. The first-order valence-corrected chi connectivity index (χ1v) is 10.4. The lowest BCUT2D eigenvalue weighted by atomic mass is 10.2. The topological polar surface area (TPSA) is 61.8 Å². The molecule has 1 atom stereocenters. The van der Waals surface area contributed by atoms with E-state index in [0.29, 0.717) is 29.0 Å². The van der Waals surface area contributed by atoms with Gasteiger partial charge in [0.1, 0.15) is 5.25 Å². The first-order valence-electron chi connectivity index (χ1n) is 9.13. The van der Waals surface area contributed by atoms with Crippen LogP contribution in [0.1, 0.15) is 46.0 Å². The monoisotopic (exact) mass is 395 g/mol. The minimum absolute atomic E-state index is 0.0243. The molecule has 0 spiro atoms. The highest BCUT2D eigenvalue weighted by Gasteiger charge is 2.35. The molecule has 2 amide bonds. The van der Waals surface area contributed by atoms with Crippen LogP contribution >= 0.6 is 23.4 Å². The Morgan fingerprint density at radius 3 is 2.62 bits per heavy atom. The maximum Gasteiger partial charge on any atom is 0.238 e. The molecule has 0 aliphatic carbocycles. The molecule has 1 fully saturated rings. The van der Waals surface area contributed by atoms with Crippen LogP contribution in [0.2, 0.25) is 5.02 Å². The van der Waals surface area contributed by atoms with Crippen molar-refractivity contribution in [3.63, 3.8) is 0 Å². The maximum absolute atomic E-state index is 12.6. The number of rotatable bonds is 8. The Kier molecular flexibility index (Phi) is 8.45. The van der Waals surface area contributed by atoms with E-state index in [0.717, 1.165) is 25.7 Å². The van der Waals surface area contributed by atoms with Gasteiger partial charge in [-0.05, 0) is 37.1 Å². The number of carbonyl (C=O) groups is 2. The Labute approximate surface area is 164 Å². The highest BCUT2D eigenvalue weighted by atomic mass is 35.5. The summed E-state index contributed by atoms with van der Waals surface area (Å²) in [5, 5.41) is 3.69. The predicted molar refractivity (Wildman–Crippen MR) is 110 cm³/mol. The summed E-state index contributed by atoms with van der Waals surface area (Å²) in [4.78, 5) is 31.5. The van der Waals surface area contributed by atoms with E-state index in [2.05, 4.69) is 24.2 Å². The fourth-order valence-corrected chi connectivity index (χ4v) is 3.76. The van der Waals surface area contributed by atoms with E-state index in [1.54, 1.807) is 29.2 Å². The number of anilines is 1. The number of nitrogens with one attached hydrogen (secondary N) is 1. The van der Waals surface area contributed by atoms with Crippen molar-refractivity contribution in [2.24, 2.45) is 4.99 Å².